The standard InChI is InChI=1S/C19H20ClNO2/c1-13(23-18-12-5-4-10-16(18)20)19(22)21-17-11-6-8-14-7-2-3-9-15(14)17/h2-5,7,9-10,12-13,17H,6,8,11H2,1H3,(H,21,22)/t13-,17+/m1/s1. The highest BCUT2D eigenvalue weighted by Crippen LogP contribution is 2.30. The van der Waals surface area contributed by atoms with Crippen LogP contribution in [0, 0.1) is 0 Å². The molecule has 2 atom stereocenters. The first-order valence-electron chi connectivity index (χ1n) is 7.94. The van der Waals surface area contributed by atoms with Crippen molar-refractivity contribution in [2.24, 2.45) is 0 Å². The third kappa shape index (κ3) is 3.67. The number of hydrogen-bond donors (Lipinski definition) is 1. The number of hydrogen-bond acceptors (Lipinski definition) is 2. The largest absolute Gasteiger partial charge is 0.479 e. The Hall–Kier alpha value is -2.00. The zero-order valence-corrected chi connectivity index (χ0v) is 13.8. The van der Waals surface area contributed by atoms with Gasteiger partial charge >= 0.3 is 0 Å². The third-order valence-electron chi connectivity index (χ3n) is 4.20. The van der Waals surface area contributed by atoms with E-state index in [1.807, 2.05) is 24.3 Å². The molecule has 0 saturated carbocycles. The van der Waals surface area contributed by atoms with Crippen molar-refractivity contribution in [3.63, 3.8) is 0 Å². The number of aryl methyl sites for hydroxylation is 1. The molecule has 0 aromatic heterocycles. The van der Waals surface area contributed by atoms with E-state index in [9.17, 15) is 4.79 Å². The molecule has 1 N–H and O–H groups in total. The quantitative estimate of drug-likeness (QED) is 0.908. The molecule has 0 aliphatic heterocycles. The van der Waals surface area contributed by atoms with Crippen molar-refractivity contribution in [1.82, 2.24) is 5.32 Å². The number of rotatable bonds is 4. The molecule has 3 rings (SSSR count). The fourth-order valence-electron chi connectivity index (χ4n) is 2.98. The van der Waals surface area contributed by atoms with Gasteiger partial charge in [0.25, 0.3) is 5.91 Å². The third-order valence-corrected chi connectivity index (χ3v) is 4.51. The summed E-state index contributed by atoms with van der Waals surface area (Å²) in [6.45, 7) is 1.74. The predicted molar refractivity (Wildman–Crippen MR) is 91.8 cm³/mol. The second-order valence-electron chi connectivity index (χ2n) is 5.84. The van der Waals surface area contributed by atoms with E-state index in [4.69, 9.17) is 16.3 Å². The van der Waals surface area contributed by atoms with E-state index < -0.39 is 6.10 Å². The van der Waals surface area contributed by atoms with Gasteiger partial charge in [-0.1, -0.05) is 48.0 Å². The molecule has 0 radical (unpaired) electrons. The van der Waals surface area contributed by atoms with Crippen LogP contribution in [-0.2, 0) is 11.2 Å². The zero-order chi connectivity index (χ0) is 16.2. The summed E-state index contributed by atoms with van der Waals surface area (Å²) >= 11 is 6.08. The summed E-state index contributed by atoms with van der Waals surface area (Å²) in [5, 5.41) is 3.62. The number of ether oxygens (including phenoxy) is 1. The smallest absolute Gasteiger partial charge is 0.261 e. The Morgan fingerprint density at radius 2 is 1.96 bits per heavy atom. The molecule has 23 heavy (non-hydrogen) atoms. The van der Waals surface area contributed by atoms with Crippen molar-refractivity contribution in [3.05, 3.63) is 64.7 Å². The maximum atomic E-state index is 12.5. The highest BCUT2D eigenvalue weighted by Gasteiger charge is 2.24. The van der Waals surface area contributed by atoms with Crippen LogP contribution in [0.2, 0.25) is 5.02 Å². The summed E-state index contributed by atoms with van der Waals surface area (Å²) in [4.78, 5) is 12.5. The summed E-state index contributed by atoms with van der Waals surface area (Å²) in [5.74, 6) is 0.410. The molecule has 0 heterocycles. The predicted octanol–water partition coefficient (Wildman–Crippen LogP) is 4.30. The van der Waals surface area contributed by atoms with E-state index in [-0.39, 0.29) is 11.9 Å². The highest BCUT2D eigenvalue weighted by molar-refractivity contribution is 6.32. The van der Waals surface area contributed by atoms with Crippen molar-refractivity contribution < 1.29 is 9.53 Å². The van der Waals surface area contributed by atoms with Crippen LogP contribution < -0.4 is 10.1 Å². The monoisotopic (exact) mass is 329 g/mol. The molecule has 120 valence electrons. The van der Waals surface area contributed by atoms with E-state index in [0.717, 1.165) is 19.3 Å². The van der Waals surface area contributed by atoms with Gasteiger partial charge in [0.2, 0.25) is 0 Å². The Morgan fingerprint density at radius 1 is 1.22 bits per heavy atom. The maximum absolute atomic E-state index is 12.5. The molecule has 4 heteroatoms. The second-order valence-corrected chi connectivity index (χ2v) is 6.25. The Morgan fingerprint density at radius 3 is 2.78 bits per heavy atom. The molecule has 1 aliphatic carbocycles. The fraction of sp³-hybridized carbons (Fsp3) is 0.316. The Kier molecular flexibility index (Phi) is 4.87. The average Bonchev–Trinajstić information content (AvgIpc) is 2.57. The minimum absolute atomic E-state index is 0.0599. The van der Waals surface area contributed by atoms with Gasteiger partial charge < -0.3 is 10.1 Å². The van der Waals surface area contributed by atoms with Crippen LogP contribution in [0.5, 0.6) is 5.75 Å². The van der Waals surface area contributed by atoms with Crippen LogP contribution in [0.25, 0.3) is 0 Å². The van der Waals surface area contributed by atoms with Crippen LogP contribution in [0.1, 0.15) is 36.9 Å². The van der Waals surface area contributed by atoms with Gasteiger partial charge in [-0.2, -0.15) is 0 Å². The van der Waals surface area contributed by atoms with Gasteiger partial charge in [-0.3, -0.25) is 4.79 Å². The van der Waals surface area contributed by atoms with Crippen LogP contribution in [0.3, 0.4) is 0 Å². The second kappa shape index (κ2) is 7.05. The molecule has 2 aromatic rings. The summed E-state index contributed by atoms with van der Waals surface area (Å²) in [7, 11) is 0. The molecule has 1 aliphatic rings. The molecule has 0 saturated heterocycles. The molecule has 0 fully saturated rings. The van der Waals surface area contributed by atoms with Crippen molar-refractivity contribution in [2.45, 2.75) is 38.3 Å². The van der Waals surface area contributed by atoms with Crippen molar-refractivity contribution in [3.8, 4) is 5.75 Å². The van der Waals surface area contributed by atoms with Gasteiger partial charge in [-0.25, -0.2) is 0 Å². The van der Waals surface area contributed by atoms with E-state index >= 15 is 0 Å². The number of carbonyl (C=O) groups is 1. The Balaban J connectivity index is 1.67. The number of carbonyl (C=O) groups excluding carboxylic acids is 1. The van der Waals surface area contributed by atoms with E-state index in [1.54, 1.807) is 19.1 Å². The first-order chi connectivity index (χ1) is 11.1. The lowest BCUT2D eigenvalue weighted by Crippen LogP contribution is -2.39. The zero-order valence-electron chi connectivity index (χ0n) is 13.1. The summed E-state index contributed by atoms with van der Waals surface area (Å²) in [6, 6.07) is 15.5. The fourth-order valence-corrected chi connectivity index (χ4v) is 3.16. The molecule has 0 bridgehead atoms. The number of para-hydroxylation sites is 1. The molecule has 0 unspecified atom stereocenters. The van der Waals surface area contributed by atoms with Crippen LogP contribution in [0.15, 0.2) is 48.5 Å². The van der Waals surface area contributed by atoms with Crippen molar-refractivity contribution in [1.29, 1.82) is 0 Å². The number of amides is 1. The first-order valence-corrected chi connectivity index (χ1v) is 8.32. The highest BCUT2D eigenvalue weighted by atomic mass is 35.5. The lowest BCUT2D eigenvalue weighted by Gasteiger charge is -2.27. The molecular formula is C19H20ClNO2. The van der Waals surface area contributed by atoms with Crippen molar-refractivity contribution >= 4 is 17.5 Å². The molecule has 1 amide bonds. The van der Waals surface area contributed by atoms with Crippen LogP contribution >= 0.6 is 11.6 Å². The first kappa shape index (κ1) is 15.9. The van der Waals surface area contributed by atoms with Crippen LogP contribution in [0.4, 0.5) is 0 Å². The number of nitrogens with one attached hydrogen (secondary N) is 1. The lowest BCUT2D eigenvalue weighted by molar-refractivity contribution is -0.128. The van der Waals surface area contributed by atoms with Crippen molar-refractivity contribution in [2.75, 3.05) is 0 Å². The van der Waals surface area contributed by atoms with Gasteiger partial charge in [-0.05, 0) is 49.4 Å². The summed E-state index contributed by atoms with van der Waals surface area (Å²) in [6.07, 6.45) is 2.53. The summed E-state index contributed by atoms with van der Waals surface area (Å²) < 4.78 is 5.69. The summed E-state index contributed by atoms with van der Waals surface area (Å²) in [5.41, 5.74) is 2.54. The topological polar surface area (TPSA) is 38.3 Å². The van der Waals surface area contributed by atoms with Gasteiger partial charge in [0.05, 0.1) is 11.1 Å². The minimum Gasteiger partial charge on any atom is -0.479 e. The van der Waals surface area contributed by atoms with Gasteiger partial charge in [-0.15, -0.1) is 0 Å². The van der Waals surface area contributed by atoms with E-state index in [2.05, 4.69) is 17.4 Å². The molecular weight excluding hydrogens is 310 g/mol. The lowest BCUT2D eigenvalue weighted by atomic mass is 9.87. The minimum atomic E-state index is -0.594. The normalized spacial score (nSPS) is 17.9. The van der Waals surface area contributed by atoms with Crippen LogP contribution in [-0.4, -0.2) is 12.0 Å². The number of benzene rings is 2. The van der Waals surface area contributed by atoms with Gasteiger partial charge in [0, 0.05) is 0 Å². The average molecular weight is 330 g/mol. The molecule has 3 nitrogen and oxygen atoms in total. The maximum Gasteiger partial charge on any atom is 0.261 e. The SMILES string of the molecule is C[C@@H](Oc1ccccc1Cl)C(=O)N[C@H]1CCCc2ccccc21. The Labute approximate surface area is 141 Å². The molecule has 2 aromatic carbocycles. The van der Waals surface area contributed by atoms with E-state index in [1.165, 1.54) is 11.1 Å². The van der Waals surface area contributed by atoms with E-state index in [0.29, 0.717) is 10.8 Å². The van der Waals surface area contributed by atoms with Gasteiger partial charge in [0.1, 0.15) is 5.75 Å². The number of fused-ring (bicyclic) bond motifs is 1. The van der Waals surface area contributed by atoms with Gasteiger partial charge in [0.15, 0.2) is 6.10 Å². The Bertz CT molecular complexity index is 701. The number of halogens is 1. The molecule has 0 spiro atoms.